The molecule has 1 aliphatic rings. The van der Waals surface area contributed by atoms with Crippen molar-refractivity contribution in [3.05, 3.63) is 74.6 Å². The Labute approximate surface area is 162 Å². The summed E-state index contributed by atoms with van der Waals surface area (Å²) in [6.45, 7) is 0.266. The standard InChI is InChI=1S/C19H12INO3S/c20-17-8-7-15(24-17)10-16-18(22)21(19(23)25-16)11-12-5-6-13-3-1-2-4-14(13)9-12/h1-10H,11H2/b16-10-. The molecule has 0 saturated carbocycles. The lowest BCUT2D eigenvalue weighted by Crippen LogP contribution is -2.27. The summed E-state index contributed by atoms with van der Waals surface area (Å²) in [7, 11) is 0. The van der Waals surface area contributed by atoms with Gasteiger partial charge in [0.05, 0.1) is 11.4 Å². The highest BCUT2D eigenvalue weighted by molar-refractivity contribution is 14.1. The summed E-state index contributed by atoms with van der Waals surface area (Å²) < 4.78 is 6.18. The van der Waals surface area contributed by atoms with Gasteiger partial charge in [0, 0.05) is 6.08 Å². The molecule has 0 unspecified atom stereocenters. The van der Waals surface area contributed by atoms with Gasteiger partial charge in [0.15, 0.2) is 3.77 Å². The number of thioether (sulfide) groups is 1. The highest BCUT2D eigenvalue weighted by Gasteiger charge is 2.35. The van der Waals surface area contributed by atoms with E-state index in [-0.39, 0.29) is 17.7 Å². The van der Waals surface area contributed by atoms with Crippen molar-refractivity contribution in [3.8, 4) is 0 Å². The summed E-state index contributed by atoms with van der Waals surface area (Å²) in [6, 6.07) is 17.6. The number of furan rings is 1. The number of carbonyl (C=O) groups excluding carboxylic acids is 2. The van der Waals surface area contributed by atoms with Crippen LogP contribution in [0.5, 0.6) is 0 Å². The third-order valence-corrected chi connectivity index (χ3v) is 5.38. The van der Waals surface area contributed by atoms with Crippen LogP contribution in [-0.4, -0.2) is 16.0 Å². The average molecular weight is 461 g/mol. The molecular formula is C19H12INO3S. The summed E-state index contributed by atoms with van der Waals surface area (Å²) in [5.41, 5.74) is 0.926. The van der Waals surface area contributed by atoms with E-state index in [2.05, 4.69) is 22.6 Å². The van der Waals surface area contributed by atoms with Crippen molar-refractivity contribution >= 4 is 62.3 Å². The summed E-state index contributed by atoms with van der Waals surface area (Å²) in [4.78, 5) is 26.5. The molecule has 3 aromatic rings. The molecular weight excluding hydrogens is 449 g/mol. The van der Waals surface area contributed by atoms with Gasteiger partial charge in [-0.15, -0.1) is 0 Å². The first kappa shape index (κ1) is 16.4. The van der Waals surface area contributed by atoms with E-state index in [0.29, 0.717) is 10.7 Å². The Balaban J connectivity index is 1.58. The van der Waals surface area contributed by atoms with Gasteiger partial charge in [0.2, 0.25) is 0 Å². The molecule has 2 aromatic carbocycles. The van der Waals surface area contributed by atoms with Gasteiger partial charge in [-0.2, -0.15) is 0 Å². The van der Waals surface area contributed by atoms with Crippen LogP contribution in [0.25, 0.3) is 16.8 Å². The van der Waals surface area contributed by atoms with Crippen molar-refractivity contribution in [2.75, 3.05) is 0 Å². The molecule has 0 spiro atoms. The minimum atomic E-state index is -0.283. The van der Waals surface area contributed by atoms with Crippen LogP contribution < -0.4 is 0 Å². The van der Waals surface area contributed by atoms with Crippen molar-refractivity contribution in [3.63, 3.8) is 0 Å². The zero-order valence-electron chi connectivity index (χ0n) is 12.9. The third kappa shape index (κ3) is 3.36. The molecule has 0 radical (unpaired) electrons. The molecule has 1 aromatic heterocycles. The molecule has 0 atom stereocenters. The molecule has 4 rings (SSSR count). The molecule has 1 fully saturated rings. The Morgan fingerprint density at radius 3 is 2.60 bits per heavy atom. The largest absolute Gasteiger partial charge is 0.451 e. The van der Waals surface area contributed by atoms with Crippen LogP contribution in [0.4, 0.5) is 4.79 Å². The van der Waals surface area contributed by atoms with E-state index in [1.165, 1.54) is 4.90 Å². The maximum absolute atomic E-state index is 12.6. The monoisotopic (exact) mass is 461 g/mol. The van der Waals surface area contributed by atoms with Gasteiger partial charge in [-0.25, -0.2) is 0 Å². The molecule has 0 bridgehead atoms. The fraction of sp³-hybridized carbons (Fsp3) is 0.0526. The second kappa shape index (κ2) is 6.68. The lowest BCUT2D eigenvalue weighted by molar-refractivity contribution is -0.123. The maximum Gasteiger partial charge on any atom is 0.293 e. The van der Waals surface area contributed by atoms with Crippen LogP contribution in [0.2, 0.25) is 0 Å². The van der Waals surface area contributed by atoms with Crippen LogP contribution in [-0.2, 0) is 11.3 Å². The molecule has 0 aliphatic carbocycles. The zero-order chi connectivity index (χ0) is 17.4. The molecule has 4 nitrogen and oxygen atoms in total. The SMILES string of the molecule is O=C1S/C(=C\c2ccc(I)o2)C(=O)N1Cc1ccc2ccccc2c1. The smallest absolute Gasteiger partial charge is 0.293 e. The molecule has 1 saturated heterocycles. The Morgan fingerprint density at radius 2 is 1.84 bits per heavy atom. The highest BCUT2D eigenvalue weighted by Crippen LogP contribution is 2.33. The number of hydrogen-bond acceptors (Lipinski definition) is 4. The first-order valence-electron chi connectivity index (χ1n) is 7.58. The highest BCUT2D eigenvalue weighted by atomic mass is 127. The van der Waals surface area contributed by atoms with Crippen molar-refractivity contribution < 1.29 is 14.0 Å². The van der Waals surface area contributed by atoms with Gasteiger partial charge >= 0.3 is 0 Å². The molecule has 124 valence electrons. The zero-order valence-corrected chi connectivity index (χ0v) is 15.9. The quantitative estimate of drug-likeness (QED) is 0.394. The topological polar surface area (TPSA) is 50.5 Å². The van der Waals surface area contributed by atoms with Crippen LogP contribution in [0.3, 0.4) is 0 Å². The second-order valence-electron chi connectivity index (χ2n) is 5.59. The van der Waals surface area contributed by atoms with E-state index in [9.17, 15) is 9.59 Å². The number of halogens is 1. The number of amides is 2. The summed E-state index contributed by atoms with van der Waals surface area (Å²) in [5, 5.41) is 1.96. The van der Waals surface area contributed by atoms with Gasteiger partial charge in [-0.3, -0.25) is 14.5 Å². The predicted octanol–water partition coefficient (Wildman–Crippen LogP) is 5.27. The Kier molecular flexibility index (Phi) is 4.39. The lowest BCUT2D eigenvalue weighted by atomic mass is 10.1. The number of benzene rings is 2. The number of carbonyl (C=O) groups is 2. The van der Waals surface area contributed by atoms with E-state index in [0.717, 1.165) is 31.9 Å². The molecule has 0 N–H and O–H groups in total. The van der Waals surface area contributed by atoms with Gasteiger partial charge in [-0.1, -0.05) is 36.4 Å². The van der Waals surface area contributed by atoms with Crippen molar-refractivity contribution in [1.29, 1.82) is 0 Å². The van der Waals surface area contributed by atoms with Crippen LogP contribution in [0.1, 0.15) is 11.3 Å². The summed E-state index contributed by atoms with van der Waals surface area (Å²) in [6.07, 6.45) is 1.62. The Bertz CT molecular complexity index is 1020. The maximum atomic E-state index is 12.6. The number of rotatable bonds is 3. The number of imide groups is 1. The first-order valence-corrected chi connectivity index (χ1v) is 9.48. The molecule has 1 aliphatic heterocycles. The third-order valence-electron chi connectivity index (χ3n) is 3.90. The second-order valence-corrected chi connectivity index (χ2v) is 7.65. The predicted molar refractivity (Wildman–Crippen MR) is 107 cm³/mol. The van der Waals surface area contributed by atoms with E-state index in [1.807, 2.05) is 48.5 Å². The number of hydrogen-bond donors (Lipinski definition) is 0. The van der Waals surface area contributed by atoms with E-state index < -0.39 is 0 Å². The van der Waals surface area contributed by atoms with E-state index in [1.54, 1.807) is 12.1 Å². The van der Waals surface area contributed by atoms with Gasteiger partial charge in [0.1, 0.15) is 5.76 Å². The van der Waals surface area contributed by atoms with Gasteiger partial charge in [0.25, 0.3) is 11.1 Å². The fourth-order valence-electron chi connectivity index (χ4n) is 2.69. The molecule has 2 heterocycles. The normalized spacial score (nSPS) is 16.4. The summed E-state index contributed by atoms with van der Waals surface area (Å²) in [5.74, 6) is 0.287. The van der Waals surface area contributed by atoms with Crippen molar-refractivity contribution in [1.82, 2.24) is 4.90 Å². The Morgan fingerprint density at radius 1 is 1.04 bits per heavy atom. The van der Waals surface area contributed by atoms with Crippen LogP contribution in [0.15, 0.2) is 63.9 Å². The minimum absolute atomic E-state index is 0.259. The molecule has 6 heteroatoms. The number of nitrogens with zero attached hydrogens (tertiary/aromatic N) is 1. The lowest BCUT2D eigenvalue weighted by Gasteiger charge is -2.13. The van der Waals surface area contributed by atoms with E-state index in [4.69, 9.17) is 4.42 Å². The van der Waals surface area contributed by atoms with Crippen LogP contribution >= 0.6 is 34.4 Å². The molecule has 2 amide bonds. The van der Waals surface area contributed by atoms with Crippen molar-refractivity contribution in [2.24, 2.45) is 0 Å². The molecule has 25 heavy (non-hydrogen) atoms. The van der Waals surface area contributed by atoms with Gasteiger partial charge < -0.3 is 4.42 Å². The van der Waals surface area contributed by atoms with Gasteiger partial charge in [-0.05, 0) is 68.9 Å². The summed E-state index contributed by atoms with van der Waals surface area (Å²) >= 11 is 3.00. The fourth-order valence-corrected chi connectivity index (χ4v) is 3.94. The van der Waals surface area contributed by atoms with Crippen molar-refractivity contribution in [2.45, 2.75) is 6.54 Å². The first-order chi connectivity index (χ1) is 12.1. The minimum Gasteiger partial charge on any atom is -0.451 e. The Hall–Kier alpha value is -2.06. The average Bonchev–Trinajstić information content (AvgIpc) is 3.13. The van der Waals surface area contributed by atoms with Crippen LogP contribution in [0, 0.1) is 3.77 Å². The number of fused-ring (bicyclic) bond motifs is 1. The van der Waals surface area contributed by atoms with E-state index >= 15 is 0 Å².